The molecule has 0 aliphatic heterocycles. The number of carbonyl (C=O) groups is 1. The number of aliphatic hydroxyl groups is 1. The molecule has 4 heteroatoms. The van der Waals surface area contributed by atoms with Crippen LogP contribution in [0.15, 0.2) is 0 Å². The largest absolute Gasteiger partial charge is 0.376 e. The van der Waals surface area contributed by atoms with E-state index in [1.165, 1.54) is 0 Å². The molecule has 4 N–H and O–H groups in total. The predicted octanol–water partition coefficient (Wildman–Crippen LogP) is -0.430. The first-order chi connectivity index (χ1) is 5.57. The minimum absolute atomic E-state index is 0.0429. The van der Waals surface area contributed by atoms with E-state index in [9.17, 15) is 9.90 Å². The molecule has 0 bridgehead atoms. The van der Waals surface area contributed by atoms with Crippen molar-refractivity contribution in [1.82, 2.24) is 5.32 Å². The van der Waals surface area contributed by atoms with E-state index in [0.717, 1.165) is 0 Å². The van der Waals surface area contributed by atoms with Gasteiger partial charge in [-0.05, 0) is 32.7 Å². The van der Waals surface area contributed by atoms with Crippen LogP contribution in [0.5, 0.6) is 0 Å². The summed E-state index contributed by atoms with van der Waals surface area (Å²) in [7, 11) is 1.73. The Labute approximate surface area is 72.1 Å². The van der Waals surface area contributed by atoms with Gasteiger partial charge in [0.1, 0.15) is 5.72 Å². The highest BCUT2D eigenvalue weighted by Crippen LogP contribution is 2.29. The highest BCUT2D eigenvalue weighted by atomic mass is 16.3. The predicted molar refractivity (Wildman–Crippen MR) is 45.2 cm³/mol. The number of hydrogen-bond donors (Lipinski definition) is 3. The van der Waals surface area contributed by atoms with E-state index in [-0.39, 0.29) is 11.8 Å². The van der Waals surface area contributed by atoms with Crippen LogP contribution < -0.4 is 11.1 Å². The number of nitrogens with two attached hydrogens (primary N) is 1. The second-order valence-electron chi connectivity index (χ2n) is 3.46. The fourth-order valence-electron chi connectivity index (χ4n) is 1.63. The number of hydrogen-bond acceptors (Lipinski definition) is 3. The number of rotatable bonds is 2. The summed E-state index contributed by atoms with van der Waals surface area (Å²) in [6.45, 7) is 0. The Bertz CT molecular complexity index is 174. The van der Waals surface area contributed by atoms with Gasteiger partial charge in [0.05, 0.1) is 0 Å². The van der Waals surface area contributed by atoms with E-state index >= 15 is 0 Å². The van der Waals surface area contributed by atoms with Gasteiger partial charge in [-0.2, -0.15) is 0 Å². The standard InChI is InChI=1S/C8H16N2O2/c1-10-8(12)4-2-6(3-5-8)7(9)11/h6,10,12H,2-5H2,1H3,(H2,9,11). The second-order valence-corrected chi connectivity index (χ2v) is 3.46. The van der Waals surface area contributed by atoms with Gasteiger partial charge in [0.25, 0.3) is 0 Å². The molecule has 1 aliphatic carbocycles. The Kier molecular flexibility index (Phi) is 2.69. The number of nitrogens with one attached hydrogen (secondary N) is 1. The molecule has 0 atom stereocenters. The zero-order valence-electron chi connectivity index (χ0n) is 7.34. The van der Waals surface area contributed by atoms with Crippen LogP contribution in [0, 0.1) is 5.92 Å². The summed E-state index contributed by atoms with van der Waals surface area (Å²) in [4.78, 5) is 10.8. The van der Waals surface area contributed by atoms with Crippen LogP contribution in [0.4, 0.5) is 0 Å². The van der Waals surface area contributed by atoms with E-state index < -0.39 is 5.72 Å². The highest BCUT2D eigenvalue weighted by molar-refractivity contribution is 5.76. The first kappa shape index (κ1) is 9.48. The molecule has 1 amide bonds. The van der Waals surface area contributed by atoms with E-state index in [2.05, 4.69) is 5.32 Å². The van der Waals surface area contributed by atoms with Crippen molar-refractivity contribution in [2.45, 2.75) is 31.4 Å². The van der Waals surface area contributed by atoms with E-state index in [1.54, 1.807) is 7.05 Å². The Morgan fingerprint density at radius 3 is 2.42 bits per heavy atom. The topological polar surface area (TPSA) is 75.3 Å². The molecule has 0 heterocycles. The lowest BCUT2D eigenvalue weighted by molar-refractivity contribution is -0.125. The maximum atomic E-state index is 10.8. The molecule has 12 heavy (non-hydrogen) atoms. The molecule has 1 aliphatic rings. The van der Waals surface area contributed by atoms with Crippen molar-refractivity contribution in [3.8, 4) is 0 Å². The van der Waals surface area contributed by atoms with Crippen LogP contribution in [0.1, 0.15) is 25.7 Å². The van der Waals surface area contributed by atoms with Gasteiger partial charge in [-0.3, -0.25) is 10.1 Å². The highest BCUT2D eigenvalue weighted by Gasteiger charge is 2.33. The zero-order valence-corrected chi connectivity index (χ0v) is 7.34. The smallest absolute Gasteiger partial charge is 0.220 e. The number of primary amides is 1. The molecule has 0 radical (unpaired) electrons. The average Bonchev–Trinajstić information content (AvgIpc) is 2.05. The molecule has 0 spiro atoms. The summed E-state index contributed by atoms with van der Waals surface area (Å²) in [6.07, 6.45) is 2.59. The second kappa shape index (κ2) is 3.41. The van der Waals surface area contributed by atoms with Gasteiger partial charge >= 0.3 is 0 Å². The molecule has 0 unspecified atom stereocenters. The molecular weight excluding hydrogens is 156 g/mol. The maximum absolute atomic E-state index is 10.8. The molecule has 0 aromatic carbocycles. The fraction of sp³-hybridized carbons (Fsp3) is 0.875. The summed E-state index contributed by atoms with van der Waals surface area (Å²) in [5.74, 6) is -0.285. The van der Waals surface area contributed by atoms with Crippen molar-refractivity contribution in [2.75, 3.05) is 7.05 Å². The lowest BCUT2D eigenvalue weighted by Crippen LogP contribution is -2.47. The van der Waals surface area contributed by atoms with Gasteiger partial charge in [-0.1, -0.05) is 0 Å². The van der Waals surface area contributed by atoms with Crippen molar-refractivity contribution >= 4 is 5.91 Å². The van der Waals surface area contributed by atoms with Crippen LogP contribution >= 0.6 is 0 Å². The van der Waals surface area contributed by atoms with Crippen LogP contribution in [0.25, 0.3) is 0 Å². The molecule has 0 aromatic rings. The third-order valence-electron chi connectivity index (χ3n) is 2.68. The first-order valence-corrected chi connectivity index (χ1v) is 4.28. The lowest BCUT2D eigenvalue weighted by atomic mass is 9.83. The van der Waals surface area contributed by atoms with Crippen molar-refractivity contribution in [1.29, 1.82) is 0 Å². The average molecular weight is 172 g/mol. The van der Waals surface area contributed by atoms with E-state index in [0.29, 0.717) is 25.7 Å². The summed E-state index contributed by atoms with van der Waals surface area (Å²) in [6, 6.07) is 0. The van der Waals surface area contributed by atoms with Crippen LogP contribution in [-0.4, -0.2) is 23.8 Å². The van der Waals surface area contributed by atoms with Crippen molar-refractivity contribution in [3.05, 3.63) is 0 Å². The minimum atomic E-state index is -0.772. The molecule has 0 aromatic heterocycles. The van der Waals surface area contributed by atoms with Gasteiger partial charge in [-0.25, -0.2) is 0 Å². The SMILES string of the molecule is CNC1(O)CCC(C(N)=O)CC1. The minimum Gasteiger partial charge on any atom is -0.376 e. The molecule has 0 saturated heterocycles. The summed E-state index contributed by atoms with van der Waals surface area (Å²) in [5, 5.41) is 12.6. The third kappa shape index (κ3) is 1.95. The van der Waals surface area contributed by atoms with Crippen molar-refractivity contribution < 1.29 is 9.90 Å². The van der Waals surface area contributed by atoms with Crippen molar-refractivity contribution in [3.63, 3.8) is 0 Å². The monoisotopic (exact) mass is 172 g/mol. The molecule has 70 valence electrons. The van der Waals surface area contributed by atoms with Gasteiger partial charge in [0.2, 0.25) is 5.91 Å². The quantitative estimate of drug-likeness (QED) is 0.495. The van der Waals surface area contributed by atoms with Crippen LogP contribution in [0.3, 0.4) is 0 Å². The molecule has 1 fully saturated rings. The van der Waals surface area contributed by atoms with E-state index in [1.807, 2.05) is 0 Å². The fourth-order valence-corrected chi connectivity index (χ4v) is 1.63. The maximum Gasteiger partial charge on any atom is 0.220 e. The molecule has 1 rings (SSSR count). The zero-order chi connectivity index (χ0) is 9.19. The van der Waals surface area contributed by atoms with Crippen LogP contribution in [-0.2, 0) is 4.79 Å². The lowest BCUT2D eigenvalue weighted by Gasteiger charge is -2.34. The van der Waals surface area contributed by atoms with Gasteiger partial charge in [-0.15, -0.1) is 0 Å². The van der Waals surface area contributed by atoms with Gasteiger partial charge < -0.3 is 10.8 Å². The van der Waals surface area contributed by atoms with Gasteiger partial charge in [0, 0.05) is 5.92 Å². The Hall–Kier alpha value is -0.610. The Balaban J connectivity index is 2.44. The first-order valence-electron chi connectivity index (χ1n) is 4.28. The molecule has 1 saturated carbocycles. The summed E-state index contributed by atoms with van der Waals surface area (Å²) in [5.41, 5.74) is 4.38. The Morgan fingerprint density at radius 2 is 2.08 bits per heavy atom. The normalized spacial score (nSPS) is 36.3. The number of carbonyl (C=O) groups excluding carboxylic acids is 1. The number of amides is 1. The summed E-state index contributed by atoms with van der Waals surface area (Å²) < 4.78 is 0. The Morgan fingerprint density at radius 1 is 1.58 bits per heavy atom. The van der Waals surface area contributed by atoms with Crippen LogP contribution in [0.2, 0.25) is 0 Å². The van der Waals surface area contributed by atoms with Gasteiger partial charge in [0.15, 0.2) is 0 Å². The third-order valence-corrected chi connectivity index (χ3v) is 2.68. The molecule has 4 nitrogen and oxygen atoms in total. The molecular formula is C8H16N2O2. The van der Waals surface area contributed by atoms with Crippen molar-refractivity contribution in [2.24, 2.45) is 11.7 Å². The van der Waals surface area contributed by atoms with E-state index in [4.69, 9.17) is 5.73 Å². The summed E-state index contributed by atoms with van der Waals surface area (Å²) >= 11 is 0.